The third-order valence-electron chi connectivity index (χ3n) is 3.47. The summed E-state index contributed by atoms with van der Waals surface area (Å²) in [6.07, 6.45) is 0. The van der Waals surface area contributed by atoms with E-state index in [1.54, 1.807) is 0 Å². The van der Waals surface area contributed by atoms with Crippen LogP contribution in [-0.4, -0.2) is 0 Å². The van der Waals surface area contributed by atoms with Crippen LogP contribution in [0.2, 0.25) is 0 Å². The molecule has 3 aromatic carbocycles. The van der Waals surface area contributed by atoms with Gasteiger partial charge in [-0.2, -0.15) is 0 Å². The Morgan fingerprint density at radius 3 is 2.24 bits per heavy atom. The first kappa shape index (κ1) is 12.2. The van der Waals surface area contributed by atoms with Gasteiger partial charge in [0.15, 0.2) is 0 Å². The van der Waals surface area contributed by atoms with Gasteiger partial charge in [-0.05, 0) is 46.5 Å². The van der Waals surface area contributed by atoms with E-state index in [0.717, 1.165) is 0 Å². The zero-order chi connectivity index (χ0) is 11.1. The molecule has 0 saturated carbocycles. The van der Waals surface area contributed by atoms with Crippen molar-refractivity contribution in [2.45, 2.75) is 13.8 Å². The molecule has 0 fully saturated rings. The van der Waals surface area contributed by atoms with Crippen LogP contribution in [-0.2, 0) is 0 Å². The molecule has 0 unspecified atom stereocenters. The van der Waals surface area contributed by atoms with Crippen molar-refractivity contribution in [3.8, 4) is 0 Å². The third-order valence-corrected chi connectivity index (χ3v) is 3.47. The van der Waals surface area contributed by atoms with E-state index < -0.39 is 0 Å². The van der Waals surface area contributed by atoms with Gasteiger partial charge in [0.25, 0.3) is 0 Å². The molecule has 17 heavy (non-hydrogen) atoms. The largest absolute Gasteiger partial charge is 1.00 e. The van der Waals surface area contributed by atoms with E-state index in [-0.39, 0.29) is 20.3 Å². The molecule has 0 amide bonds. The second-order valence-corrected chi connectivity index (χ2v) is 4.39. The molecule has 0 heterocycles. The molecular formula is C16H15Li. The fourth-order valence-electron chi connectivity index (χ4n) is 2.35. The first-order valence-corrected chi connectivity index (χ1v) is 5.65. The summed E-state index contributed by atoms with van der Waals surface area (Å²) >= 11 is 0. The second-order valence-electron chi connectivity index (χ2n) is 4.39. The number of hydrogen-bond acceptors (Lipinski definition) is 0. The Kier molecular flexibility index (Phi) is 3.29. The maximum atomic E-state index is 2.24. The molecule has 0 radical (unpaired) electrons. The van der Waals surface area contributed by atoms with E-state index in [9.17, 15) is 0 Å². The summed E-state index contributed by atoms with van der Waals surface area (Å²) in [5.41, 5.74) is 2.76. The molecule has 3 aromatic rings. The van der Waals surface area contributed by atoms with Crippen molar-refractivity contribution < 1.29 is 20.3 Å². The molecular weight excluding hydrogens is 199 g/mol. The molecule has 0 N–H and O–H groups in total. The van der Waals surface area contributed by atoms with Gasteiger partial charge < -0.3 is 1.43 Å². The standard InChI is InChI=1S/C16H14.Li.H/c1-11-7-9-16-14(12(11)2)10-8-13-5-3-4-6-15(13)16;;/h3-10H,1-2H3;;/q;+1;-1. The molecule has 1 heteroatoms. The van der Waals surface area contributed by atoms with Crippen molar-refractivity contribution in [2.24, 2.45) is 0 Å². The molecule has 80 valence electrons. The van der Waals surface area contributed by atoms with Gasteiger partial charge >= 0.3 is 18.9 Å². The molecule has 3 rings (SSSR count). The van der Waals surface area contributed by atoms with Crippen molar-refractivity contribution >= 4 is 21.5 Å². The first-order valence-electron chi connectivity index (χ1n) is 5.65. The molecule has 0 nitrogen and oxygen atoms in total. The Morgan fingerprint density at radius 1 is 0.706 bits per heavy atom. The Bertz CT molecular complexity index is 689. The Morgan fingerprint density at radius 2 is 1.41 bits per heavy atom. The summed E-state index contributed by atoms with van der Waals surface area (Å²) < 4.78 is 0. The Labute approximate surface area is 115 Å². The topological polar surface area (TPSA) is 0 Å². The van der Waals surface area contributed by atoms with Crippen LogP contribution in [0, 0.1) is 13.8 Å². The normalized spacial score (nSPS) is 10.5. The van der Waals surface area contributed by atoms with Crippen LogP contribution in [0.3, 0.4) is 0 Å². The zero-order valence-electron chi connectivity index (χ0n) is 11.6. The average Bonchev–Trinajstić information content (AvgIpc) is 2.33. The quantitative estimate of drug-likeness (QED) is 0.395. The minimum Gasteiger partial charge on any atom is -1.00 e. The first-order chi connectivity index (χ1) is 7.77. The summed E-state index contributed by atoms with van der Waals surface area (Å²) in [5.74, 6) is 0. The van der Waals surface area contributed by atoms with Gasteiger partial charge in [0.2, 0.25) is 0 Å². The number of benzene rings is 3. The number of hydrogen-bond donors (Lipinski definition) is 0. The van der Waals surface area contributed by atoms with Gasteiger partial charge in [0.1, 0.15) is 0 Å². The number of rotatable bonds is 0. The molecule has 0 atom stereocenters. The van der Waals surface area contributed by atoms with E-state index in [4.69, 9.17) is 0 Å². The van der Waals surface area contributed by atoms with Crippen LogP contribution in [0.4, 0.5) is 0 Å². The van der Waals surface area contributed by atoms with E-state index in [1.807, 2.05) is 0 Å². The van der Waals surface area contributed by atoms with Crippen LogP contribution < -0.4 is 18.9 Å². The predicted molar refractivity (Wildman–Crippen MR) is 72.0 cm³/mol. The number of aryl methyl sites for hydroxylation is 2. The van der Waals surface area contributed by atoms with Gasteiger partial charge in [-0.3, -0.25) is 0 Å². The van der Waals surface area contributed by atoms with E-state index in [1.165, 1.54) is 32.7 Å². The fraction of sp³-hybridized carbons (Fsp3) is 0.125. The van der Waals surface area contributed by atoms with Crippen molar-refractivity contribution in [2.75, 3.05) is 0 Å². The van der Waals surface area contributed by atoms with Crippen molar-refractivity contribution in [1.29, 1.82) is 0 Å². The summed E-state index contributed by atoms with van der Waals surface area (Å²) in [7, 11) is 0. The molecule has 0 spiro atoms. The van der Waals surface area contributed by atoms with Gasteiger partial charge in [-0.15, -0.1) is 0 Å². The van der Waals surface area contributed by atoms with Gasteiger partial charge in [-0.25, -0.2) is 0 Å². The summed E-state index contributed by atoms with van der Waals surface area (Å²) in [6, 6.07) is 17.5. The smallest absolute Gasteiger partial charge is 1.00 e. The summed E-state index contributed by atoms with van der Waals surface area (Å²) in [5, 5.41) is 5.40. The average molecular weight is 214 g/mol. The Hall–Kier alpha value is -1.22. The molecule has 0 aliphatic heterocycles. The van der Waals surface area contributed by atoms with Crippen LogP contribution in [0.5, 0.6) is 0 Å². The van der Waals surface area contributed by atoms with E-state index in [2.05, 4.69) is 62.4 Å². The van der Waals surface area contributed by atoms with Crippen LogP contribution in [0.1, 0.15) is 12.6 Å². The van der Waals surface area contributed by atoms with Gasteiger partial charge in [0, 0.05) is 0 Å². The Balaban J connectivity index is 0.000000810. The molecule has 0 aromatic heterocycles. The second kappa shape index (κ2) is 4.57. The van der Waals surface area contributed by atoms with Gasteiger partial charge in [0.05, 0.1) is 0 Å². The molecule has 0 bridgehead atoms. The molecule has 0 aliphatic rings. The van der Waals surface area contributed by atoms with E-state index in [0.29, 0.717) is 0 Å². The van der Waals surface area contributed by atoms with Crippen LogP contribution in [0.15, 0.2) is 48.5 Å². The summed E-state index contributed by atoms with van der Waals surface area (Å²) in [4.78, 5) is 0. The minimum atomic E-state index is 0. The van der Waals surface area contributed by atoms with Crippen molar-refractivity contribution in [1.82, 2.24) is 0 Å². The fourth-order valence-corrected chi connectivity index (χ4v) is 2.35. The third kappa shape index (κ3) is 1.88. The maximum Gasteiger partial charge on any atom is 1.00 e. The maximum absolute atomic E-state index is 2.24. The van der Waals surface area contributed by atoms with Crippen LogP contribution >= 0.6 is 0 Å². The van der Waals surface area contributed by atoms with Crippen LogP contribution in [0.25, 0.3) is 21.5 Å². The number of fused-ring (bicyclic) bond motifs is 3. The van der Waals surface area contributed by atoms with Gasteiger partial charge in [-0.1, -0.05) is 48.5 Å². The van der Waals surface area contributed by atoms with Crippen molar-refractivity contribution in [3.05, 3.63) is 59.7 Å². The molecule has 0 saturated heterocycles. The van der Waals surface area contributed by atoms with Crippen molar-refractivity contribution in [3.63, 3.8) is 0 Å². The molecule has 0 aliphatic carbocycles. The van der Waals surface area contributed by atoms with E-state index >= 15 is 0 Å². The predicted octanol–water partition coefficient (Wildman–Crippen LogP) is 1.73. The minimum absolute atomic E-state index is 0. The summed E-state index contributed by atoms with van der Waals surface area (Å²) in [6.45, 7) is 4.37. The monoisotopic (exact) mass is 214 g/mol. The SMILES string of the molecule is Cc1ccc2c(ccc3ccccc32)c1C.[H-].[Li+]. The zero-order valence-corrected chi connectivity index (χ0v) is 10.6.